The summed E-state index contributed by atoms with van der Waals surface area (Å²) in [5.74, 6) is 0. The van der Waals surface area contributed by atoms with Crippen LogP contribution in [0, 0.1) is 20.8 Å². The number of hydrogen-bond donors (Lipinski definition) is 1. The molecule has 20 heavy (non-hydrogen) atoms. The Kier molecular flexibility index (Phi) is 2.19. The quantitative estimate of drug-likeness (QED) is 0.483. The first-order valence-electron chi connectivity index (χ1n) is 6.93. The Hall–Kier alpha value is -2.35. The molecule has 2 heterocycles. The summed E-state index contributed by atoms with van der Waals surface area (Å²) in [6, 6.07) is 10.6. The maximum absolute atomic E-state index is 4.47. The molecular weight excluding hydrogens is 244 g/mol. The first-order chi connectivity index (χ1) is 9.68. The lowest BCUT2D eigenvalue weighted by Crippen LogP contribution is -1.91. The molecule has 2 nitrogen and oxygen atoms in total. The lowest BCUT2D eigenvalue weighted by Gasteiger charge is -2.10. The molecule has 1 N–H and O–H groups in total. The summed E-state index contributed by atoms with van der Waals surface area (Å²) in [6.07, 6.45) is 1.90. The Morgan fingerprint density at radius 3 is 2.50 bits per heavy atom. The largest absolute Gasteiger partial charge is 0.354 e. The maximum Gasteiger partial charge on any atom is 0.0503 e. The second kappa shape index (κ2) is 3.83. The van der Waals surface area contributed by atoms with Crippen molar-refractivity contribution in [3.05, 3.63) is 53.3 Å². The van der Waals surface area contributed by atoms with E-state index in [0.717, 1.165) is 5.69 Å². The molecule has 0 aliphatic rings. The Morgan fingerprint density at radius 2 is 1.65 bits per heavy atom. The van der Waals surface area contributed by atoms with Gasteiger partial charge in [-0.1, -0.05) is 18.2 Å². The van der Waals surface area contributed by atoms with Crippen molar-refractivity contribution in [3.8, 4) is 0 Å². The molecule has 0 bridgehead atoms. The van der Waals surface area contributed by atoms with Crippen LogP contribution in [0.1, 0.15) is 16.8 Å². The van der Waals surface area contributed by atoms with Crippen LogP contribution < -0.4 is 0 Å². The van der Waals surface area contributed by atoms with E-state index in [1.807, 2.05) is 6.20 Å². The number of aromatic amines is 1. The number of fused-ring (bicyclic) bond motifs is 4. The molecule has 0 saturated heterocycles. The van der Waals surface area contributed by atoms with Gasteiger partial charge in [0.05, 0.1) is 5.52 Å². The standard InChI is InChI=1S/C18H16N2/c1-10-13-8-9-19-12(3)16(13)11(2)17-14-6-4-5-7-15(14)20-18(10)17/h4-9,20H,1-3H3. The number of H-pyrrole nitrogens is 1. The van der Waals surface area contributed by atoms with Crippen molar-refractivity contribution in [1.29, 1.82) is 0 Å². The molecule has 0 spiro atoms. The SMILES string of the molecule is Cc1c2ccnc(C)c2c(C)c2c1[nH]c1ccccc12. The molecule has 0 unspecified atom stereocenters. The van der Waals surface area contributed by atoms with E-state index in [4.69, 9.17) is 0 Å². The third-order valence-electron chi connectivity index (χ3n) is 4.38. The van der Waals surface area contributed by atoms with Gasteiger partial charge in [0.1, 0.15) is 0 Å². The van der Waals surface area contributed by atoms with Crippen LogP contribution >= 0.6 is 0 Å². The van der Waals surface area contributed by atoms with Crippen molar-refractivity contribution in [2.24, 2.45) is 0 Å². The number of para-hydroxylation sites is 1. The summed E-state index contributed by atoms with van der Waals surface area (Å²) >= 11 is 0. The average molecular weight is 260 g/mol. The van der Waals surface area contributed by atoms with Crippen LogP contribution in [0.15, 0.2) is 36.5 Å². The normalized spacial score (nSPS) is 11.8. The Labute approximate surface area is 117 Å². The summed E-state index contributed by atoms with van der Waals surface area (Å²) in [5, 5.41) is 5.23. The van der Waals surface area contributed by atoms with E-state index < -0.39 is 0 Å². The van der Waals surface area contributed by atoms with Crippen molar-refractivity contribution in [2.45, 2.75) is 20.8 Å². The molecule has 0 atom stereocenters. The van der Waals surface area contributed by atoms with E-state index in [2.05, 4.69) is 61.1 Å². The Balaban J connectivity index is 2.40. The fourth-order valence-electron chi connectivity index (χ4n) is 3.42. The molecular formula is C18H16N2. The van der Waals surface area contributed by atoms with E-state index in [9.17, 15) is 0 Å². The van der Waals surface area contributed by atoms with Gasteiger partial charge in [-0.15, -0.1) is 0 Å². The number of aryl methyl sites for hydroxylation is 3. The highest BCUT2D eigenvalue weighted by atomic mass is 14.7. The van der Waals surface area contributed by atoms with E-state index in [0.29, 0.717) is 0 Å². The van der Waals surface area contributed by atoms with Gasteiger partial charge < -0.3 is 4.98 Å². The molecule has 2 aromatic heterocycles. The number of benzene rings is 2. The van der Waals surface area contributed by atoms with Gasteiger partial charge in [-0.3, -0.25) is 4.98 Å². The van der Waals surface area contributed by atoms with Crippen LogP contribution in [0.3, 0.4) is 0 Å². The lowest BCUT2D eigenvalue weighted by atomic mass is 9.95. The van der Waals surface area contributed by atoms with Crippen LogP contribution in [0.2, 0.25) is 0 Å². The molecule has 2 heteroatoms. The zero-order valence-corrected chi connectivity index (χ0v) is 11.9. The highest BCUT2D eigenvalue weighted by molar-refractivity contribution is 6.16. The zero-order valence-electron chi connectivity index (χ0n) is 11.9. The topological polar surface area (TPSA) is 28.7 Å². The van der Waals surface area contributed by atoms with E-state index in [1.54, 1.807) is 0 Å². The van der Waals surface area contributed by atoms with Crippen molar-refractivity contribution >= 4 is 32.6 Å². The van der Waals surface area contributed by atoms with Crippen LogP contribution in [0.5, 0.6) is 0 Å². The summed E-state index contributed by atoms with van der Waals surface area (Å²) in [7, 11) is 0. The van der Waals surface area contributed by atoms with Crippen LogP contribution in [-0.2, 0) is 0 Å². The number of hydrogen-bond acceptors (Lipinski definition) is 1. The predicted octanol–water partition coefficient (Wildman–Crippen LogP) is 4.79. The fraction of sp³-hybridized carbons (Fsp3) is 0.167. The molecule has 0 amide bonds. The Bertz CT molecular complexity index is 977. The number of nitrogens with zero attached hydrogens (tertiary/aromatic N) is 1. The van der Waals surface area contributed by atoms with Gasteiger partial charge >= 0.3 is 0 Å². The second-order valence-electron chi connectivity index (χ2n) is 5.49. The molecule has 0 aliphatic heterocycles. The monoisotopic (exact) mass is 260 g/mol. The fourth-order valence-corrected chi connectivity index (χ4v) is 3.42. The van der Waals surface area contributed by atoms with Gasteiger partial charge in [0.15, 0.2) is 0 Å². The molecule has 0 aliphatic carbocycles. The van der Waals surface area contributed by atoms with E-state index in [-0.39, 0.29) is 0 Å². The summed E-state index contributed by atoms with van der Waals surface area (Å²) < 4.78 is 0. The summed E-state index contributed by atoms with van der Waals surface area (Å²) in [6.45, 7) is 6.49. The van der Waals surface area contributed by atoms with Gasteiger partial charge in [0.25, 0.3) is 0 Å². The number of rotatable bonds is 0. The molecule has 0 radical (unpaired) electrons. The van der Waals surface area contributed by atoms with E-state index in [1.165, 1.54) is 43.7 Å². The minimum Gasteiger partial charge on any atom is -0.354 e. The summed E-state index contributed by atoms with van der Waals surface area (Å²) in [4.78, 5) is 8.05. The van der Waals surface area contributed by atoms with Crippen molar-refractivity contribution in [1.82, 2.24) is 9.97 Å². The van der Waals surface area contributed by atoms with Crippen molar-refractivity contribution < 1.29 is 0 Å². The van der Waals surface area contributed by atoms with Crippen LogP contribution in [0.4, 0.5) is 0 Å². The molecule has 4 rings (SSSR count). The molecule has 0 fully saturated rings. The minimum atomic E-state index is 1.11. The van der Waals surface area contributed by atoms with Gasteiger partial charge in [0.2, 0.25) is 0 Å². The van der Waals surface area contributed by atoms with Crippen LogP contribution in [-0.4, -0.2) is 9.97 Å². The Morgan fingerprint density at radius 1 is 0.850 bits per heavy atom. The number of pyridine rings is 1. The molecule has 4 aromatic rings. The third-order valence-corrected chi connectivity index (χ3v) is 4.38. The molecule has 2 aromatic carbocycles. The van der Waals surface area contributed by atoms with E-state index >= 15 is 0 Å². The number of aromatic nitrogens is 2. The van der Waals surface area contributed by atoms with Crippen LogP contribution in [0.25, 0.3) is 32.6 Å². The highest BCUT2D eigenvalue weighted by Crippen LogP contribution is 2.36. The first kappa shape index (κ1) is 11.5. The molecule has 0 saturated carbocycles. The first-order valence-corrected chi connectivity index (χ1v) is 6.93. The second-order valence-corrected chi connectivity index (χ2v) is 5.49. The average Bonchev–Trinajstić information content (AvgIpc) is 2.84. The van der Waals surface area contributed by atoms with Gasteiger partial charge in [0, 0.05) is 33.6 Å². The highest BCUT2D eigenvalue weighted by Gasteiger charge is 2.14. The lowest BCUT2D eigenvalue weighted by molar-refractivity contribution is 1.23. The van der Waals surface area contributed by atoms with Gasteiger partial charge in [-0.05, 0) is 49.4 Å². The predicted molar refractivity (Wildman–Crippen MR) is 85.3 cm³/mol. The van der Waals surface area contributed by atoms with Crippen molar-refractivity contribution in [2.75, 3.05) is 0 Å². The number of nitrogens with one attached hydrogen (secondary N) is 1. The smallest absolute Gasteiger partial charge is 0.0503 e. The molecule has 98 valence electrons. The van der Waals surface area contributed by atoms with Gasteiger partial charge in [-0.25, -0.2) is 0 Å². The third kappa shape index (κ3) is 1.31. The maximum atomic E-state index is 4.47. The minimum absolute atomic E-state index is 1.11. The summed E-state index contributed by atoms with van der Waals surface area (Å²) in [5.41, 5.74) is 6.19. The van der Waals surface area contributed by atoms with Crippen molar-refractivity contribution in [3.63, 3.8) is 0 Å². The zero-order chi connectivity index (χ0) is 13.9. The van der Waals surface area contributed by atoms with Gasteiger partial charge in [-0.2, -0.15) is 0 Å².